The first kappa shape index (κ1) is 18.0. The van der Waals surface area contributed by atoms with Crippen LogP contribution < -0.4 is 10.7 Å². The summed E-state index contributed by atoms with van der Waals surface area (Å²) in [5, 5.41) is 6.71. The molecule has 0 spiro atoms. The second-order valence-corrected chi connectivity index (χ2v) is 5.89. The molecule has 0 saturated carbocycles. The second-order valence-electron chi connectivity index (χ2n) is 5.89. The smallest absolute Gasteiger partial charge is 0.271 e. The fourth-order valence-corrected chi connectivity index (χ4v) is 2.41. The zero-order valence-electron chi connectivity index (χ0n) is 14.7. The number of anilines is 1. The van der Waals surface area contributed by atoms with Gasteiger partial charge in [-0.1, -0.05) is 29.8 Å². The predicted molar refractivity (Wildman–Crippen MR) is 105 cm³/mol. The molecule has 2 N–H and O–H groups in total. The number of benzene rings is 2. The first-order valence-corrected chi connectivity index (χ1v) is 8.33. The summed E-state index contributed by atoms with van der Waals surface area (Å²) in [6, 6.07) is 17.6. The van der Waals surface area contributed by atoms with Gasteiger partial charge in [-0.3, -0.25) is 14.6 Å². The molecule has 0 atom stereocenters. The van der Waals surface area contributed by atoms with Crippen molar-refractivity contribution in [3.63, 3.8) is 0 Å². The Morgan fingerprint density at radius 2 is 1.74 bits per heavy atom. The van der Waals surface area contributed by atoms with Crippen molar-refractivity contribution in [2.45, 2.75) is 6.92 Å². The van der Waals surface area contributed by atoms with E-state index in [1.54, 1.807) is 54.9 Å². The van der Waals surface area contributed by atoms with Gasteiger partial charge in [-0.25, -0.2) is 5.43 Å². The lowest BCUT2D eigenvalue weighted by Gasteiger charge is -2.07. The summed E-state index contributed by atoms with van der Waals surface area (Å²) in [5.74, 6) is -0.604. The third kappa shape index (κ3) is 5.09. The van der Waals surface area contributed by atoms with E-state index < -0.39 is 0 Å². The fraction of sp³-hybridized carbons (Fsp3) is 0.0476. The number of pyridine rings is 1. The standard InChI is InChI=1S/C21H18N4O2/c1-15-5-2-7-17(11-15)20(26)24-19-9-3-8-18(12-19)21(27)25-23-14-16-6-4-10-22-13-16/h2-14H,1H3,(H,24,26)(H,25,27)/b23-14-. The summed E-state index contributed by atoms with van der Waals surface area (Å²) in [6.45, 7) is 1.92. The number of carbonyl (C=O) groups excluding carboxylic acids is 2. The molecule has 0 aliphatic carbocycles. The number of amides is 2. The Kier molecular flexibility index (Phi) is 5.69. The number of aromatic nitrogens is 1. The second kappa shape index (κ2) is 8.53. The number of hydrogen-bond donors (Lipinski definition) is 2. The number of aryl methyl sites for hydroxylation is 1. The molecule has 1 heterocycles. The quantitative estimate of drug-likeness (QED) is 0.541. The normalized spacial score (nSPS) is 10.6. The highest BCUT2D eigenvalue weighted by Crippen LogP contribution is 2.13. The van der Waals surface area contributed by atoms with E-state index in [-0.39, 0.29) is 11.8 Å². The van der Waals surface area contributed by atoms with Gasteiger partial charge in [-0.15, -0.1) is 0 Å². The topological polar surface area (TPSA) is 83.5 Å². The van der Waals surface area contributed by atoms with Gasteiger partial charge in [0.15, 0.2) is 0 Å². The van der Waals surface area contributed by atoms with Gasteiger partial charge in [0, 0.05) is 34.8 Å². The molecule has 6 nitrogen and oxygen atoms in total. The summed E-state index contributed by atoms with van der Waals surface area (Å²) in [7, 11) is 0. The van der Waals surface area contributed by atoms with E-state index in [1.807, 2.05) is 25.1 Å². The molecular weight excluding hydrogens is 340 g/mol. The zero-order chi connectivity index (χ0) is 19.1. The molecule has 6 heteroatoms. The minimum absolute atomic E-state index is 0.231. The molecule has 0 saturated heterocycles. The maximum atomic E-state index is 12.3. The van der Waals surface area contributed by atoms with Crippen molar-refractivity contribution in [1.82, 2.24) is 10.4 Å². The van der Waals surface area contributed by atoms with E-state index in [2.05, 4.69) is 20.8 Å². The zero-order valence-corrected chi connectivity index (χ0v) is 14.7. The Balaban J connectivity index is 1.65. The highest BCUT2D eigenvalue weighted by molar-refractivity contribution is 6.05. The minimum atomic E-state index is -0.373. The first-order valence-electron chi connectivity index (χ1n) is 8.33. The molecule has 0 radical (unpaired) electrons. The van der Waals surface area contributed by atoms with Crippen LogP contribution in [0.3, 0.4) is 0 Å². The van der Waals surface area contributed by atoms with Crippen molar-refractivity contribution in [2.24, 2.45) is 5.10 Å². The van der Waals surface area contributed by atoms with Crippen LogP contribution in [0.1, 0.15) is 31.8 Å². The lowest BCUT2D eigenvalue weighted by atomic mass is 10.1. The van der Waals surface area contributed by atoms with Crippen LogP contribution in [0.15, 0.2) is 78.2 Å². The monoisotopic (exact) mass is 358 g/mol. The Bertz CT molecular complexity index is 984. The largest absolute Gasteiger partial charge is 0.322 e. The van der Waals surface area contributed by atoms with Crippen molar-refractivity contribution >= 4 is 23.7 Å². The molecule has 0 aliphatic heterocycles. The number of nitrogens with one attached hydrogen (secondary N) is 2. The predicted octanol–water partition coefficient (Wildman–Crippen LogP) is 3.41. The van der Waals surface area contributed by atoms with Crippen molar-refractivity contribution in [3.05, 3.63) is 95.3 Å². The third-order valence-electron chi connectivity index (χ3n) is 3.73. The molecule has 3 rings (SSSR count). The van der Waals surface area contributed by atoms with Crippen LogP contribution in [0.25, 0.3) is 0 Å². The van der Waals surface area contributed by atoms with Gasteiger partial charge < -0.3 is 5.32 Å². The third-order valence-corrected chi connectivity index (χ3v) is 3.73. The fourth-order valence-electron chi connectivity index (χ4n) is 2.41. The van der Waals surface area contributed by atoms with Crippen LogP contribution in [0.5, 0.6) is 0 Å². The number of nitrogens with zero attached hydrogens (tertiary/aromatic N) is 2. The highest BCUT2D eigenvalue weighted by atomic mass is 16.2. The van der Waals surface area contributed by atoms with Crippen molar-refractivity contribution in [3.8, 4) is 0 Å². The summed E-state index contributed by atoms with van der Waals surface area (Å²) in [6.07, 6.45) is 4.80. The van der Waals surface area contributed by atoms with Crippen molar-refractivity contribution < 1.29 is 9.59 Å². The Morgan fingerprint density at radius 1 is 0.963 bits per heavy atom. The average Bonchev–Trinajstić information content (AvgIpc) is 2.69. The number of hydrogen-bond acceptors (Lipinski definition) is 4. The van der Waals surface area contributed by atoms with E-state index in [0.29, 0.717) is 16.8 Å². The summed E-state index contributed by atoms with van der Waals surface area (Å²) >= 11 is 0. The molecule has 0 fully saturated rings. The molecule has 3 aromatic rings. The Morgan fingerprint density at radius 3 is 2.48 bits per heavy atom. The first-order chi connectivity index (χ1) is 13.1. The van der Waals surface area contributed by atoms with Crippen LogP contribution >= 0.6 is 0 Å². The molecule has 0 bridgehead atoms. The Labute approximate surface area is 157 Å². The van der Waals surface area contributed by atoms with E-state index in [9.17, 15) is 9.59 Å². The van der Waals surface area contributed by atoms with Crippen LogP contribution in [-0.4, -0.2) is 23.0 Å². The van der Waals surface area contributed by atoms with Crippen LogP contribution in [0.2, 0.25) is 0 Å². The molecule has 134 valence electrons. The molecule has 0 aliphatic rings. The van der Waals surface area contributed by atoms with Gasteiger partial charge in [0.2, 0.25) is 0 Å². The molecule has 1 aromatic heterocycles. The van der Waals surface area contributed by atoms with Crippen molar-refractivity contribution in [2.75, 3.05) is 5.32 Å². The molecule has 27 heavy (non-hydrogen) atoms. The maximum absolute atomic E-state index is 12.3. The summed E-state index contributed by atoms with van der Waals surface area (Å²) < 4.78 is 0. The number of rotatable bonds is 5. The van der Waals surface area contributed by atoms with Gasteiger partial charge in [0.05, 0.1) is 6.21 Å². The summed E-state index contributed by atoms with van der Waals surface area (Å²) in [4.78, 5) is 28.5. The average molecular weight is 358 g/mol. The SMILES string of the molecule is Cc1cccc(C(=O)Nc2cccc(C(=O)N/N=C\c3cccnc3)c2)c1. The maximum Gasteiger partial charge on any atom is 0.271 e. The highest BCUT2D eigenvalue weighted by Gasteiger charge is 2.09. The van der Waals surface area contributed by atoms with E-state index >= 15 is 0 Å². The lowest BCUT2D eigenvalue weighted by Crippen LogP contribution is -2.18. The van der Waals surface area contributed by atoms with Gasteiger partial charge in [0.1, 0.15) is 0 Å². The molecule has 0 unspecified atom stereocenters. The van der Waals surface area contributed by atoms with Crippen LogP contribution in [0, 0.1) is 6.92 Å². The van der Waals surface area contributed by atoms with Crippen LogP contribution in [0.4, 0.5) is 5.69 Å². The number of carbonyl (C=O) groups is 2. The van der Waals surface area contributed by atoms with E-state index in [4.69, 9.17) is 0 Å². The minimum Gasteiger partial charge on any atom is -0.322 e. The molecular formula is C21H18N4O2. The van der Waals surface area contributed by atoms with Gasteiger partial charge in [-0.05, 0) is 43.3 Å². The van der Waals surface area contributed by atoms with E-state index in [0.717, 1.165) is 11.1 Å². The van der Waals surface area contributed by atoms with Gasteiger partial charge in [0.25, 0.3) is 11.8 Å². The van der Waals surface area contributed by atoms with E-state index in [1.165, 1.54) is 6.21 Å². The van der Waals surface area contributed by atoms with Gasteiger partial charge >= 0.3 is 0 Å². The molecule has 2 amide bonds. The van der Waals surface area contributed by atoms with Crippen LogP contribution in [-0.2, 0) is 0 Å². The number of hydrazone groups is 1. The molecule has 2 aromatic carbocycles. The van der Waals surface area contributed by atoms with Crippen molar-refractivity contribution in [1.29, 1.82) is 0 Å². The summed E-state index contributed by atoms with van der Waals surface area (Å²) in [5.41, 5.74) is 5.72. The van der Waals surface area contributed by atoms with Gasteiger partial charge in [-0.2, -0.15) is 5.10 Å². The lowest BCUT2D eigenvalue weighted by molar-refractivity contribution is 0.0953. The Hall–Kier alpha value is -3.80.